The van der Waals surface area contributed by atoms with Crippen LogP contribution in [0.3, 0.4) is 0 Å². The highest BCUT2D eigenvalue weighted by molar-refractivity contribution is 5.19. The lowest BCUT2D eigenvalue weighted by Crippen LogP contribution is -2.14. The molecule has 0 spiro atoms. The van der Waals surface area contributed by atoms with Gasteiger partial charge in [-0.2, -0.15) is 0 Å². The molecule has 1 aromatic rings. The predicted octanol–water partition coefficient (Wildman–Crippen LogP) is 1.26. The molecule has 0 saturated heterocycles. The van der Waals surface area contributed by atoms with Crippen molar-refractivity contribution >= 4 is 0 Å². The third kappa shape index (κ3) is 1.20. The third-order valence-corrected chi connectivity index (χ3v) is 2.16. The van der Waals surface area contributed by atoms with E-state index in [1.165, 1.54) is 18.4 Å². The summed E-state index contributed by atoms with van der Waals surface area (Å²) in [6.07, 6.45) is 4.52. The van der Waals surface area contributed by atoms with Crippen LogP contribution < -0.4 is 5.56 Å². The highest BCUT2D eigenvalue weighted by Crippen LogP contribution is 2.39. The molecule has 1 aliphatic rings. The first-order valence-electron chi connectivity index (χ1n) is 3.94. The van der Waals surface area contributed by atoms with E-state index >= 15 is 0 Å². The van der Waals surface area contributed by atoms with Gasteiger partial charge < -0.3 is 4.57 Å². The zero-order valence-electron chi connectivity index (χ0n) is 6.58. The summed E-state index contributed by atoms with van der Waals surface area (Å²) < 4.78 is 1.65. The maximum absolute atomic E-state index is 11.0. The van der Waals surface area contributed by atoms with E-state index < -0.39 is 0 Å². The van der Waals surface area contributed by atoms with Crippen molar-refractivity contribution < 1.29 is 0 Å². The van der Waals surface area contributed by atoms with Gasteiger partial charge in [0.25, 0.3) is 0 Å². The minimum atomic E-state index is 0.0781. The lowest BCUT2D eigenvalue weighted by Gasteiger charge is -1.99. The van der Waals surface area contributed by atoms with Crippen LogP contribution in [0.15, 0.2) is 23.1 Å². The second kappa shape index (κ2) is 2.22. The molecule has 1 fully saturated rings. The fraction of sp³-hybridized carbons (Fsp3) is 0.444. The highest BCUT2D eigenvalue weighted by atomic mass is 16.1. The molecule has 2 nitrogen and oxygen atoms in total. The first-order valence-corrected chi connectivity index (χ1v) is 3.94. The van der Waals surface area contributed by atoms with Gasteiger partial charge in [0.1, 0.15) is 0 Å². The van der Waals surface area contributed by atoms with Crippen LogP contribution in [0.5, 0.6) is 0 Å². The number of aryl methyl sites for hydroxylation is 1. The van der Waals surface area contributed by atoms with Gasteiger partial charge in [-0.1, -0.05) is 6.07 Å². The summed E-state index contributed by atoms with van der Waals surface area (Å²) in [7, 11) is 1.80. The van der Waals surface area contributed by atoms with Crippen LogP contribution in [0.4, 0.5) is 0 Å². The van der Waals surface area contributed by atoms with E-state index in [4.69, 9.17) is 0 Å². The van der Waals surface area contributed by atoms with Gasteiger partial charge in [0.05, 0.1) is 0 Å². The van der Waals surface area contributed by atoms with Gasteiger partial charge in [0.15, 0.2) is 0 Å². The van der Waals surface area contributed by atoms with E-state index in [-0.39, 0.29) is 5.56 Å². The summed E-state index contributed by atoms with van der Waals surface area (Å²) in [5, 5.41) is 0. The minimum Gasteiger partial charge on any atom is -0.318 e. The Morgan fingerprint density at radius 2 is 2.18 bits per heavy atom. The van der Waals surface area contributed by atoms with Gasteiger partial charge in [-0.25, -0.2) is 0 Å². The number of rotatable bonds is 1. The molecule has 11 heavy (non-hydrogen) atoms. The number of nitrogens with zero attached hydrogens (tertiary/aromatic N) is 1. The smallest absolute Gasteiger partial charge is 0.250 e. The van der Waals surface area contributed by atoms with E-state index in [1.54, 1.807) is 17.7 Å². The van der Waals surface area contributed by atoms with Crippen LogP contribution in [-0.2, 0) is 7.05 Å². The van der Waals surface area contributed by atoms with Gasteiger partial charge >= 0.3 is 0 Å². The molecule has 0 unspecified atom stereocenters. The molecule has 1 saturated carbocycles. The summed E-state index contributed by atoms with van der Waals surface area (Å²) in [6.45, 7) is 0. The third-order valence-electron chi connectivity index (χ3n) is 2.16. The van der Waals surface area contributed by atoms with Crippen molar-refractivity contribution in [2.75, 3.05) is 0 Å². The highest BCUT2D eigenvalue weighted by Gasteiger charge is 2.23. The van der Waals surface area contributed by atoms with Crippen LogP contribution >= 0.6 is 0 Å². The largest absolute Gasteiger partial charge is 0.318 e. The van der Waals surface area contributed by atoms with Crippen molar-refractivity contribution in [2.45, 2.75) is 18.8 Å². The van der Waals surface area contributed by atoms with Crippen molar-refractivity contribution in [3.63, 3.8) is 0 Å². The summed E-state index contributed by atoms with van der Waals surface area (Å²) in [6, 6.07) is 3.59. The molecular formula is C9H11NO. The average Bonchev–Trinajstić information content (AvgIpc) is 2.77. The minimum absolute atomic E-state index is 0.0781. The summed E-state index contributed by atoms with van der Waals surface area (Å²) >= 11 is 0. The fourth-order valence-electron chi connectivity index (χ4n) is 1.27. The van der Waals surface area contributed by atoms with Crippen molar-refractivity contribution in [2.24, 2.45) is 7.05 Å². The molecule has 0 amide bonds. The molecule has 0 atom stereocenters. The topological polar surface area (TPSA) is 22.0 Å². The van der Waals surface area contributed by atoms with Crippen LogP contribution in [0.2, 0.25) is 0 Å². The Kier molecular flexibility index (Phi) is 1.34. The van der Waals surface area contributed by atoms with Crippen molar-refractivity contribution in [1.82, 2.24) is 4.57 Å². The standard InChI is InChI=1S/C9H11NO/c1-10-6-8(7-2-3-7)4-5-9(10)11/h4-7H,2-3H2,1H3. The second-order valence-electron chi connectivity index (χ2n) is 3.19. The molecule has 58 valence electrons. The Hall–Kier alpha value is -1.05. The number of hydrogen-bond donors (Lipinski definition) is 0. The van der Waals surface area contributed by atoms with E-state index in [2.05, 4.69) is 0 Å². The van der Waals surface area contributed by atoms with Crippen LogP contribution in [0.1, 0.15) is 24.3 Å². The maximum atomic E-state index is 11.0. The average molecular weight is 149 g/mol. The fourth-order valence-corrected chi connectivity index (χ4v) is 1.27. The van der Waals surface area contributed by atoms with Crippen molar-refractivity contribution in [3.8, 4) is 0 Å². The Morgan fingerprint density at radius 3 is 2.73 bits per heavy atom. The van der Waals surface area contributed by atoms with Gasteiger partial charge in [0, 0.05) is 19.3 Å². The number of hydrogen-bond acceptors (Lipinski definition) is 1. The molecule has 1 aliphatic carbocycles. The van der Waals surface area contributed by atoms with Crippen LogP contribution in [0, 0.1) is 0 Å². The first-order chi connectivity index (χ1) is 5.27. The Balaban J connectivity index is 2.44. The molecule has 0 N–H and O–H groups in total. The molecular weight excluding hydrogens is 138 g/mol. The normalized spacial score (nSPS) is 16.8. The van der Waals surface area contributed by atoms with Crippen LogP contribution in [0.25, 0.3) is 0 Å². The molecule has 1 heterocycles. The number of pyridine rings is 1. The van der Waals surface area contributed by atoms with Gasteiger partial charge in [0.2, 0.25) is 5.56 Å². The number of aromatic nitrogens is 1. The van der Waals surface area contributed by atoms with E-state index in [0.29, 0.717) is 0 Å². The van der Waals surface area contributed by atoms with E-state index in [1.807, 2.05) is 12.3 Å². The van der Waals surface area contributed by atoms with E-state index in [0.717, 1.165) is 5.92 Å². The second-order valence-corrected chi connectivity index (χ2v) is 3.19. The Morgan fingerprint density at radius 1 is 1.45 bits per heavy atom. The Bertz CT molecular complexity index is 323. The van der Waals surface area contributed by atoms with Gasteiger partial charge in [-0.3, -0.25) is 4.79 Å². The van der Waals surface area contributed by atoms with E-state index in [9.17, 15) is 4.79 Å². The summed E-state index contributed by atoms with van der Waals surface area (Å²) in [4.78, 5) is 11.0. The molecule has 0 aliphatic heterocycles. The van der Waals surface area contributed by atoms with Crippen LogP contribution in [-0.4, -0.2) is 4.57 Å². The molecule has 0 aromatic carbocycles. The molecule has 1 aromatic heterocycles. The monoisotopic (exact) mass is 149 g/mol. The summed E-state index contributed by atoms with van der Waals surface area (Å²) in [5.41, 5.74) is 1.39. The Labute approximate surface area is 65.5 Å². The summed E-state index contributed by atoms with van der Waals surface area (Å²) in [5.74, 6) is 0.738. The van der Waals surface area contributed by atoms with Gasteiger partial charge in [-0.15, -0.1) is 0 Å². The lowest BCUT2D eigenvalue weighted by molar-refractivity contribution is 0.840. The maximum Gasteiger partial charge on any atom is 0.250 e. The molecule has 2 rings (SSSR count). The molecule has 0 bridgehead atoms. The zero-order valence-corrected chi connectivity index (χ0v) is 6.58. The zero-order chi connectivity index (χ0) is 7.84. The SMILES string of the molecule is Cn1cc(C2CC2)ccc1=O. The molecule has 2 heteroatoms. The predicted molar refractivity (Wildman–Crippen MR) is 43.7 cm³/mol. The quantitative estimate of drug-likeness (QED) is 0.589. The van der Waals surface area contributed by atoms with Gasteiger partial charge in [-0.05, 0) is 24.3 Å². The lowest BCUT2D eigenvalue weighted by atomic mass is 10.2. The van der Waals surface area contributed by atoms with Crippen molar-refractivity contribution in [3.05, 3.63) is 34.2 Å². The first kappa shape index (κ1) is 6.65. The van der Waals surface area contributed by atoms with Crippen molar-refractivity contribution in [1.29, 1.82) is 0 Å². The molecule has 0 radical (unpaired) electrons.